The van der Waals surface area contributed by atoms with Gasteiger partial charge in [-0.1, -0.05) is 0 Å². The van der Waals surface area contributed by atoms with Gasteiger partial charge in [0.05, 0.1) is 21.3 Å². The zero-order chi connectivity index (χ0) is 13.7. The molecular formula is C13H16O5. The summed E-state index contributed by atoms with van der Waals surface area (Å²) in [7, 11) is 4.24. The Morgan fingerprint density at radius 2 is 1.67 bits per heavy atom. The lowest BCUT2D eigenvalue weighted by molar-refractivity contribution is -0.143. The van der Waals surface area contributed by atoms with E-state index in [1.807, 2.05) is 0 Å². The van der Waals surface area contributed by atoms with Gasteiger partial charge in [-0.3, -0.25) is 9.59 Å². The van der Waals surface area contributed by atoms with Crippen molar-refractivity contribution in [2.24, 2.45) is 5.92 Å². The highest BCUT2D eigenvalue weighted by molar-refractivity contribution is 6.08. The van der Waals surface area contributed by atoms with Gasteiger partial charge in [0.1, 0.15) is 5.92 Å². The number of esters is 1. The molecule has 18 heavy (non-hydrogen) atoms. The molecule has 0 saturated carbocycles. The molecule has 5 heteroatoms. The Kier molecular flexibility index (Phi) is 4.71. The molecule has 0 N–H and O–H groups in total. The van der Waals surface area contributed by atoms with Crippen molar-refractivity contribution >= 4 is 11.8 Å². The maximum Gasteiger partial charge on any atom is 0.316 e. The van der Waals surface area contributed by atoms with Crippen LogP contribution in [-0.4, -0.2) is 33.1 Å². The lowest BCUT2D eigenvalue weighted by Gasteiger charge is -2.11. The molecule has 0 bridgehead atoms. The Balaban J connectivity index is 3.03. The van der Waals surface area contributed by atoms with Gasteiger partial charge in [-0.2, -0.15) is 0 Å². The Morgan fingerprint density at radius 3 is 2.17 bits per heavy atom. The summed E-state index contributed by atoms with van der Waals surface area (Å²) >= 11 is 0. The molecule has 0 heterocycles. The molecule has 0 aliphatic rings. The number of rotatable bonds is 5. The SMILES string of the molecule is COC(=O)C(C)C(=O)c1ccc(OC)c(OC)c1. The van der Waals surface area contributed by atoms with Gasteiger partial charge in [0.15, 0.2) is 17.3 Å². The number of ketones is 1. The van der Waals surface area contributed by atoms with E-state index in [4.69, 9.17) is 9.47 Å². The molecule has 0 aliphatic heterocycles. The highest BCUT2D eigenvalue weighted by Gasteiger charge is 2.24. The van der Waals surface area contributed by atoms with E-state index in [1.165, 1.54) is 28.3 Å². The number of ether oxygens (including phenoxy) is 3. The van der Waals surface area contributed by atoms with Gasteiger partial charge in [0.25, 0.3) is 0 Å². The van der Waals surface area contributed by atoms with E-state index < -0.39 is 11.9 Å². The van der Waals surface area contributed by atoms with Crippen molar-refractivity contribution in [1.29, 1.82) is 0 Å². The molecule has 0 amide bonds. The second kappa shape index (κ2) is 6.05. The summed E-state index contributed by atoms with van der Waals surface area (Å²) < 4.78 is 14.7. The third kappa shape index (κ3) is 2.80. The number of hydrogen-bond donors (Lipinski definition) is 0. The zero-order valence-electron chi connectivity index (χ0n) is 10.9. The van der Waals surface area contributed by atoms with E-state index in [2.05, 4.69) is 4.74 Å². The van der Waals surface area contributed by atoms with Crippen LogP contribution in [0.15, 0.2) is 18.2 Å². The van der Waals surface area contributed by atoms with Crippen LogP contribution in [0.4, 0.5) is 0 Å². The first-order valence-electron chi connectivity index (χ1n) is 5.39. The van der Waals surface area contributed by atoms with E-state index in [0.29, 0.717) is 17.1 Å². The van der Waals surface area contributed by atoms with Crippen LogP contribution in [-0.2, 0) is 9.53 Å². The fourth-order valence-electron chi connectivity index (χ4n) is 1.52. The fourth-order valence-corrected chi connectivity index (χ4v) is 1.52. The van der Waals surface area contributed by atoms with E-state index >= 15 is 0 Å². The van der Waals surface area contributed by atoms with Crippen molar-refractivity contribution in [3.63, 3.8) is 0 Å². The molecule has 0 radical (unpaired) electrons. The lowest BCUT2D eigenvalue weighted by Crippen LogP contribution is -2.22. The van der Waals surface area contributed by atoms with Crippen LogP contribution >= 0.6 is 0 Å². The summed E-state index contributed by atoms with van der Waals surface area (Å²) in [5, 5.41) is 0. The Hall–Kier alpha value is -2.04. The van der Waals surface area contributed by atoms with Crippen LogP contribution < -0.4 is 9.47 Å². The van der Waals surface area contributed by atoms with Crippen molar-refractivity contribution in [2.45, 2.75) is 6.92 Å². The smallest absolute Gasteiger partial charge is 0.316 e. The first kappa shape index (κ1) is 14.0. The summed E-state index contributed by atoms with van der Waals surface area (Å²) in [6, 6.07) is 4.75. The highest BCUT2D eigenvalue weighted by Crippen LogP contribution is 2.28. The molecule has 5 nitrogen and oxygen atoms in total. The van der Waals surface area contributed by atoms with Crippen LogP contribution in [0, 0.1) is 5.92 Å². The summed E-state index contributed by atoms with van der Waals surface area (Å²) in [6.07, 6.45) is 0. The van der Waals surface area contributed by atoms with Crippen LogP contribution in [0.2, 0.25) is 0 Å². The van der Waals surface area contributed by atoms with Crippen molar-refractivity contribution < 1.29 is 23.8 Å². The summed E-state index contributed by atoms with van der Waals surface area (Å²) in [4.78, 5) is 23.3. The minimum absolute atomic E-state index is 0.317. The van der Waals surface area contributed by atoms with E-state index in [-0.39, 0.29) is 5.78 Å². The monoisotopic (exact) mass is 252 g/mol. The van der Waals surface area contributed by atoms with Crippen molar-refractivity contribution in [3.05, 3.63) is 23.8 Å². The average molecular weight is 252 g/mol. The first-order chi connectivity index (χ1) is 8.54. The molecule has 0 fully saturated rings. The lowest BCUT2D eigenvalue weighted by atomic mass is 9.99. The zero-order valence-corrected chi connectivity index (χ0v) is 10.9. The average Bonchev–Trinajstić information content (AvgIpc) is 2.43. The van der Waals surface area contributed by atoms with E-state index in [0.717, 1.165) is 0 Å². The highest BCUT2D eigenvalue weighted by atomic mass is 16.5. The fraction of sp³-hybridized carbons (Fsp3) is 0.385. The molecule has 1 aromatic carbocycles. The normalized spacial score (nSPS) is 11.6. The number of Topliss-reactive ketones (excluding diaryl/α,β-unsaturated/α-hetero) is 1. The van der Waals surface area contributed by atoms with Gasteiger partial charge >= 0.3 is 5.97 Å². The van der Waals surface area contributed by atoms with Crippen molar-refractivity contribution in [1.82, 2.24) is 0 Å². The van der Waals surface area contributed by atoms with Crippen LogP contribution in [0.5, 0.6) is 11.5 Å². The van der Waals surface area contributed by atoms with Gasteiger partial charge in [0, 0.05) is 5.56 Å². The molecule has 98 valence electrons. The number of carbonyl (C=O) groups is 2. The summed E-state index contributed by atoms with van der Waals surface area (Å²) in [6.45, 7) is 1.50. The maximum atomic E-state index is 12.0. The summed E-state index contributed by atoms with van der Waals surface area (Å²) in [5.74, 6) is -0.745. The van der Waals surface area contributed by atoms with Gasteiger partial charge in [0.2, 0.25) is 0 Å². The van der Waals surface area contributed by atoms with E-state index in [9.17, 15) is 9.59 Å². The Labute approximate surface area is 106 Å². The minimum atomic E-state index is -0.840. The predicted octanol–water partition coefficient (Wildman–Crippen LogP) is 1.70. The number of hydrogen-bond acceptors (Lipinski definition) is 5. The molecule has 1 rings (SSSR count). The Bertz CT molecular complexity index is 453. The van der Waals surface area contributed by atoms with Crippen LogP contribution in [0.3, 0.4) is 0 Å². The van der Waals surface area contributed by atoms with Crippen molar-refractivity contribution in [2.75, 3.05) is 21.3 Å². The number of carbonyl (C=O) groups excluding carboxylic acids is 2. The first-order valence-corrected chi connectivity index (χ1v) is 5.39. The number of benzene rings is 1. The molecule has 1 atom stereocenters. The van der Waals surface area contributed by atoms with Gasteiger partial charge < -0.3 is 14.2 Å². The van der Waals surface area contributed by atoms with E-state index in [1.54, 1.807) is 18.2 Å². The maximum absolute atomic E-state index is 12.0. The molecule has 1 aromatic rings. The van der Waals surface area contributed by atoms with Gasteiger partial charge in [-0.15, -0.1) is 0 Å². The molecule has 1 unspecified atom stereocenters. The predicted molar refractivity (Wildman–Crippen MR) is 65.1 cm³/mol. The van der Waals surface area contributed by atoms with Gasteiger partial charge in [-0.05, 0) is 25.1 Å². The van der Waals surface area contributed by atoms with Crippen LogP contribution in [0.25, 0.3) is 0 Å². The van der Waals surface area contributed by atoms with Crippen LogP contribution in [0.1, 0.15) is 17.3 Å². The largest absolute Gasteiger partial charge is 0.493 e. The second-order valence-electron chi connectivity index (χ2n) is 3.68. The standard InChI is InChI=1S/C13H16O5/c1-8(13(15)18-4)12(14)9-5-6-10(16-2)11(7-9)17-3/h5-8H,1-4H3. The number of methoxy groups -OCH3 is 3. The third-order valence-electron chi connectivity index (χ3n) is 2.62. The van der Waals surface area contributed by atoms with Gasteiger partial charge in [-0.25, -0.2) is 0 Å². The van der Waals surface area contributed by atoms with Crippen molar-refractivity contribution in [3.8, 4) is 11.5 Å². The molecule has 0 spiro atoms. The molecular weight excluding hydrogens is 236 g/mol. The Morgan fingerprint density at radius 1 is 1.06 bits per heavy atom. The molecule has 0 aliphatic carbocycles. The quantitative estimate of drug-likeness (QED) is 0.453. The third-order valence-corrected chi connectivity index (χ3v) is 2.62. The summed E-state index contributed by atoms with van der Waals surface area (Å²) in [5.41, 5.74) is 0.380. The topological polar surface area (TPSA) is 61.8 Å². The second-order valence-corrected chi connectivity index (χ2v) is 3.68. The molecule has 0 aromatic heterocycles. The minimum Gasteiger partial charge on any atom is -0.493 e. The molecule has 0 saturated heterocycles.